The quantitative estimate of drug-likeness (QED) is 0.809. The maximum Gasteiger partial charge on any atom is 0.272 e. The molecule has 27 heavy (non-hydrogen) atoms. The second-order valence-electron chi connectivity index (χ2n) is 7.64. The highest BCUT2D eigenvalue weighted by Crippen LogP contribution is 2.31. The molecule has 7 heteroatoms. The monoisotopic (exact) mass is 387 g/mol. The number of carbonyl (C=O) groups excluding carboxylic acids is 1. The topological polar surface area (TPSA) is 54.3 Å². The molecule has 0 N–H and O–H groups in total. The van der Waals surface area contributed by atoms with Crippen LogP contribution in [0.3, 0.4) is 0 Å². The number of rotatable bonds is 4. The van der Waals surface area contributed by atoms with Gasteiger partial charge in [0.25, 0.3) is 5.91 Å². The van der Waals surface area contributed by atoms with Crippen LogP contribution >= 0.6 is 11.6 Å². The van der Waals surface area contributed by atoms with Crippen molar-refractivity contribution in [3.8, 4) is 0 Å². The molecule has 5 heterocycles. The highest BCUT2D eigenvalue weighted by Gasteiger charge is 2.37. The Morgan fingerprint density at radius 3 is 2.85 bits per heavy atom. The van der Waals surface area contributed by atoms with E-state index in [1.807, 2.05) is 24.1 Å². The van der Waals surface area contributed by atoms with Crippen LogP contribution in [0.25, 0.3) is 0 Å². The number of fused-ring (bicyclic) bond motifs is 4. The van der Waals surface area contributed by atoms with E-state index in [9.17, 15) is 4.79 Å². The zero-order chi connectivity index (χ0) is 19.0. The Balaban J connectivity index is 1.53. The summed E-state index contributed by atoms with van der Waals surface area (Å²) in [6.45, 7) is 5.49. The molecule has 0 radical (unpaired) electrons. The van der Waals surface area contributed by atoms with Gasteiger partial charge in [0.15, 0.2) is 0 Å². The van der Waals surface area contributed by atoms with Gasteiger partial charge in [0.05, 0.1) is 5.69 Å². The fourth-order valence-corrected chi connectivity index (χ4v) is 4.64. The van der Waals surface area contributed by atoms with Crippen molar-refractivity contribution in [3.05, 3.63) is 46.5 Å². The predicted octanol–water partition coefficient (Wildman–Crippen LogP) is 2.77. The Labute approximate surface area is 165 Å². The molecule has 0 aromatic carbocycles. The molecule has 1 amide bonds. The second-order valence-corrected chi connectivity index (χ2v) is 8.00. The number of aryl methyl sites for hydroxylation is 2. The van der Waals surface area contributed by atoms with Gasteiger partial charge >= 0.3 is 0 Å². The zero-order valence-electron chi connectivity index (χ0n) is 15.9. The first-order valence-electron chi connectivity index (χ1n) is 9.71. The third-order valence-corrected chi connectivity index (χ3v) is 6.32. The highest BCUT2D eigenvalue weighted by atomic mass is 35.5. The van der Waals surface area contributed by atoms with E-state index >= 15 is 0 Å². The summed E-state index contributed by atoms with van der Waals surface area (Å²) in [6, 6.07) is 5.87. The zero-order valence-corrected chi connectivity index (χ0v) is 16.7. The van der Waals surface area contributed by atoms with E-state index in [0.717, 1.165) is 55.4 Å². The Hall–Kier alpha value is -1.92. The number of halogens is 1. The van der Waals surface area contributed by atoms with Gasteiger partial charge in [0, 0.05) is 51.0 Å². The van der Waals surface area contributed by atoms with Crippen LogP contribution in [-0.2, 0) is 20.0 Å². The standard InChI is InChI=1S/C20H26ClN5O/c1-3-17-16(19(21)24(2)23-17)13-25-10-14-7-8-15(25)12-26(11-14)20(27)18-6-4-5-9-22-18/h4-6,9,14-15H,3,7-8,10-13H2,1-2H3/t14-,15-/m1/s1. The molecule has 6 nitrogen and oxygen atoms in total. The molecule has 5 rings (SSSR count). The van der Waals surface area contributed by atoms with Gasteiger partial charge < -0.3 is 4.90 Å². The van der Waals surface area contributed by atoms with Crippen molar-refractivity contribution in [2.45, 2.75) is 38.8 Å². The van der Waals surface area contributed by atoms with Crippen molar-refractivity contribution in [3.63, 3.8) is 0 Å². The molecule has 2 bridgehead atoms. The summed E-state index contributed by atoms with van der Waals surface area (Å²) in [5, 5.41) is 5.28. The first-order chi connectivity index (χ1) is 13.1. The van der Waals surface area contributed by atoms with Gasteiger partial charge in [-0.1, -0.05) is 24.6 Å². The second kappa shape index (κ2) is 7.60. The Morgan fingerprint density at radius 1 is 1.26 bits per heavy atom. The number of nitrogens with zero attached hydrogens (tertiary/aromatic N) is 5. The van der Waals surface area contributed by atoms with Crippen LogP contribution in [0.5, 0.6) is 0 Å². The molecule has 0 spiro atoms. The SMILES string of the molecule is CCc1nn(C)c(Cl)c1CN1C[C@H]2CC[C@@H]1CN(C(=O)c1ccccn1)C2. The lowest BCUT2D eigenvalue weighted by atomic mass is 9.94. The van der Waals surface area contributed by atoms with E-state index in [-0.39, 0.29) is 5.91 Å². The fourth-order valence-electron chi connectivity index (χ4n) is 4.43. The number of carbonyl (C=O) groups is 1. The van der Waals surface area contributed by atoms with Gasteiger partial charge in [-0.3, -0.25) is 19.4 Å². The molecule has 144 valence electrons. The number of hydrogen-bond acceptors (Lipinski definition) is 4. The van der Waals surface area contributed by atoms with E-state index in [2.05, 4.69) is 21.9 Å². The molecule has 0 aliphatic carbocycles. The molecule has 0 saturated carbocycles. The van der Waals surface area contributed by atoms with Gasteiger partial charge in [-0.25, -0.2) is 0 Å². The summed E-state index contributed by atoms with van der Waals surface area (Å²) in [7, 11) is 1.90. The first kappa shape index (κ1) is 18.4. The lowest BCUT2D eigenvalue weighted by Crippen LogP contribution is -2.44. The summed E-state index contributed by atoms with van der Waals surface area (Å²) in [4.78, 5) is 21.6. The summed E-state index contributed by atoms with van der Waals surface area (Å²) < 4.78 is 1.77. The smallest absolute Gasteiger partial charge is 0.272 e. The molecule has 3 aliphatic heterocycles. The molecule has 0 unspecified atom stereocenters. The van der Waals surface area contributed by atoms with E-state index in [1.54, 1.807) is 16.9 Å². The van der Waals surface area contributed by atoms with Crippen LogP contribution in [0, 0.1) is 5.92 Å². The van der Waals surface area contributed by atoms with Crippen LogP contribution in [0.4, 0.5) is 0 Å². The number of piperidine rings is 1. The van der Waals surface area contributed by atoms with Crippen molar-refractivity contribution in [2.75, 3.05) is 19.6 Å². The Morgan fingerprint density at radius 2 is 2.11 bits per heavy atom. The van der Waals surface area contributed by atoms with E-state index in [4.69, 9.17) is 11.6 Å². The summed E-state index contributed by atoms with van der Waals surface area (Å²) in [5.74, 6) is 0.542. The number of hydrogen-bond donors (Lipinski definition) is 0. The third-order valence-electron chi connectivity index (χ3n) is 5.85. The minimum atomic E-state index is 0.0445. The lowest BCUT2D eigenvalue weighted by molar-refractivity contribution is 0.0730. The maximum atomic E-state index is 12.9. The predicted molar refractivity (Wildman–Crippen MR) is 105 cm³/mol. The van der Waals surface area contributed by atoms with Crippen LogP contribution in [-0.4, -0.2) is 56.1 Å². The number of aromatic nitrogens is 3. The molecule has 2 atom stereocenters. The van der Waals surface area contributed by atoms with E-state index in [0.29, 0.717) is 17.7 Å². The summed E-state index contributed by atoms with van der Waals surface area (Å²) in [5.41, 5.74) is 2.75. The maximum absolute atomic E-state index is 12.9. The van der Waals surface area contributed by atoms with Gasteiger partial charge in [0.2, 0.25) is 0 Å². The molecular formula is C20H26ClN5O. The van der Waals surface area contributed by atoms with E-state index in [1.165, 1.54) is 6.42 Å². The summed E-state index contributed by atoms with van der Waals surface area (Å²) >= 11 is 6.52. The average molecular weight is 388 g/mol. The molecule has 2 aromatic rings. The Kier molecular flexibility index (Phi) is 5.19. The largest absolute Gasteiger partial charge is 0.335 e. The molecule has 3 saturated heterocycles. The molecule has 2 aromatic heterocycles. The van der Waals surface area contributed by atoms with Gasteiger partial charge in [0.1, 0.15) is 10.8 Å². The van der Waals surface area contributed by atoms with Crippen molar-refractivity contribution in [2.24, 2.45) is 13.0 Å². The van der Waals surface area contributed by atoms with Crippen molar-refractivity contribution >= 4 is 17.5 Å². The van der Waals surface area contributed by atoms with Crippen LogP contribution in [0.2, 0.25) is 5.15 Å². The van der Waals surface area contributed by atoms with E-state index < -0.39 is 0 Å². The fraction of sp³-hybridized carbons (Fsp3) is 0.550. The minimum Gasteiger partial charge on any atom is -0.335 e. The van der Waals surface area contributed by atoms with Gasteiger partial charge in [-0.15, -0.1) is 0 Å². The average Bonchev–Trinajstić information content (AvgIpc) is 2.88. The van der Waals surface area contributed by atoms with Gasteiger partial charge in [-0.05, 0) is 37.3 Å². The molecular weight excluding hydrogens is 362 g/mol. The van der Waals surface area contributed by atoms with Gasteiger partial charge in [-0.2, -0.15) is 5.10 Å². The van der Waals surface area contributed by atoms with Crippen molar-refractivity contribution < 1.29 is 4.79 Å². The van der Waals surface area contributed by atoms with Crippen LogP contribution in [0.1, 0.15) is 41.5 Å². The Bertz CT molecular complexity index is 821. The number of pyridine rings is 1. The van der Waals surface area contributed by atoms with Crippen molar-refractivity contribution in [1.82, 2.24) is 24.6 Å². The number of amides is 1. The summed E-state index contributed by atoms with van der Waals surface area (Å²) in [6.07, 6.45) is 4.86. The van der Waals surface area contributed by atoms with Crippen LogP contribution < -0.4 is 0 Å². The minimum absolute atomic E-state index is 0.0445. The van der Waals surface area contributed by atoms with Crippen molar-refractivity contribution in [1.29, 1.82) is 0 Å². The lowest BCUT2D eigenvalue weighted by Gasteiger charge is -2.36. The normalized spacial score (nSPS) is 22.9. The highest BCUT2D eigenvalue weighted by molar-refractivity contribution is 6.30. The third kappa shape index (κ3) is 3.60. The first-order valence-corrected chi connectivity index (χ1v) is 10.1. The molecule has 3 fully saturated rings. The van der Waals surface area contributed by atoms with Crippen LogP contribution in [0.15, 0.2) is 24.4 Å². The molecule has 3 aliphatic rings.